The Labute approximate surface area is 115 Å². The highest BCUT2D eigenvalue weighted by Gasteiger charge is 2.31. The average Bonchev–Trinajstić information content (AvgIpc) is 2.59. The van der Waals surface area contributed by atoms with Crippen molar-refractivity contribution in [2.24, 2.45) is 0 Å². The van der Waals surface area contributed by atoms with Crippen LogP contribution in [0.5, 0.6) is 0 Å². The number of hydrogen-bond acceptors (Lipinski definition) is 1. The maximum Gasteiger partial charge on any atom is 0.284 e. The molecule has 1 aliphatic heterocycles. The van der Waals surface area contributed by atoms with E-state index in [1.54, 1.807) is 24.3 Å². The topological polar surface area (TPSA) is 20.3 Å². The number of rotatable bonds is 2. The predicted octanol–water partition coefficient (Wildman–Crippen LogP) is 3.59. The molecular formula is C14H12ClF2NO. The molecule has 0 aliphatic carbocycles. The third kappa shape index (κ3) is 3.41. The van der Waals surface area contributed by atoms with Crippen LogP contribution in [-0.2, 0) is 5.88 Å². The zero-order chi connectivity index (χ0) is 13.9. The number of carbonyl (C=O) groups excluding carboxylic acids is 1. The fourth-order valence-corrected chi connectivity index (χ4v) is 1.90. The van der Waals surface area contributed by atoms with Gasteiger partial charge in [-0.05, 0) is 29.8 Å². The van der Waals surface area contributed by atoms with Crippen molar-refractivity contribution in [1.82, 2.24) is 4.90 Å². The van der Waals surface area contributed by atoms with E-state index < -0.39 is 18.4 Å². The van der Waals surface area contributed by atoms with Crippen LogP contribution in [0.25, 0.3) is 0 Å². The summed E-state index contributed by atoms with van der Waals surface area (Å²) in [5.74, 6) is -3.13. The monoisotopic (exact) mass is 283 g/mol. The van der Waals surface area contributed by atoms with Crippen molar-refractivity contribution in [3.63, 3.8) is 0 Å². The first kappa shape index (κ1) is 13.7. The quantitative estimate of drug-likeness (QED) is 0.760. The lowest BCUT2D eigenvalue weighted by atomic mass is 10.1. The normalized spacial score (nSPS) is 17.3. The van der Waals surface area contributed by atoms with Crippen LogP contribution in [0.1, 0.15) is 15.9 Å². The molecule has 100 valence electrons. The van der Waals surface area contributed by atoms with Gasteiger partial charge in [0.1, 0.15) is 0 Å². The molecule has 0 fully saturated rings. The number of hydrogen-bond donors (Lipinski definition) is 0. The van der Waals surface area contributed by atoms with Gasteiger partial charge < -0.3 is 4.90 Å². The minimum Gasteiger partial charge on any atom is -0.309 e. The van der Waals surface area contributed by atoms with Crippen molar-refractivity contribution in [1.29, 1.82) is 0 Å². The number of allylic oxidation sites excluding steroid dienone is 2. The Morgan fingerprint density at radius 2 is 1.95 bits per heavy atom. The second-order valence-corrected chi connectivity index (χ2v) is 4.49. The van der Waals surface area contributed by atoms with E-state index in [0.29, 0.717) is 11.4 Å². The number of alkyl halides is 3. The van der Waals surface area contributed by atoms with E-state index in [-0.39, 0.29) is 0 Å². The highest BCUT2D eigenvalue weighted by atomic mass is 35.5. The number of benzene rings is 1. The van der Waals surface area contributed by atoms with Gasteiger partial charge >= 0.3 is 0 Å². The molecule has 5 heteroatoms. The molecule has 2 nitrogen and oxygen atoms in total. The summed E-state index contributed by atoms with van der Waals surface area (Å²) in [5.41, 5.74) is 1.23. The first-order valence-electron chi connectivity index (χ1n) is 5.71. The third-order valence-corrected chi connectivity index (χ3v) is 3.02. The number of nitrogens with zero attached hydrogens (tertiary/aromatic N) is 1. The van der Waals surface area contributed by atoms with Crippen molar-refractivity contribution in [3.8, 4) is 0 Å². The molecule has 0 radical (unpaired) electrons. The maximum absolute atomic E-state index is 13.4. The molecule has 1 heterocycles. The molecule has 0 spiro atoms. The van der Waals surface area contributed by atoms with Crippen LogP contribution in [0.3, 0.4) is 0 Å². The Kier molecular flexibility index (Phi) is 4.00. The van der Waals surface area contributed by atoms with E-state index in [0.717, 1.165) is 16.5 Å². The van der Waals surface area contributed by atoms with Gasteiger partial charge in [-0.15, -0.1) is 11.6 Å². The minimum atomic E-state index is -3.02. The molecule has 1 amide bonds. The van der Waals surface area contributed by atoms with Gasteiger partial charge in [0.2, 0.25) is 0 Å². The van der Waals surface area contributed by atoms with Crippen LogP contribution in [0.15, 0.2) is 48.7 Å². The van der Waals surface area contributed by atoms with Crippen LogP contribution >= 0.6 is 11.6 Å². The first-order chi connectivity index (χ1) is 9.02. The smallest absolute Gasteiger partial charge is 0.284 e. The molecule has 0 atom stereocenters. The number of carbonyl (C=O) groups is 1. The average molecular weight is 284 g/mol. The molecule has 2 rings (SSSR count). The Bertz CT molecular complexity index is 523. The molecule has 0 N–H and O–H groups in total. The van der Waals surface area contributed by atoms with Crippen molar-refractivity contribution < 1.29 is 13.6 Å². The van der Waals surface area contributed by atoms with Gasteiger partial charge in [0.05, 0.1) is 6.54 Å². The number of halogens is 3. The summed E-state index contributed by atoms with van der Waals surface area (Å²) < 4.78 is 26.7. The van der Waals surface area contributed by atoms with Crippen LogP contribution in [0, 0.1) is 0 Å². The summed E-state index contributed by atoms with van der Waals surface area (Å²) in [5, 5.41) is 0. The molecular weight excluding hydrogens is 272 g/mol. The highest BCUT2D eigenvalue weighted by molar-refractivity contribution is 6.17. The number of amides is 1. The van der Waals surface area contributed by atoms with Crippen molar-refractivity contribution >= 4 is 17.5 Å². The zero-order valence-electron chi connectivity index (χ0n) is 10.0. The summed E-state index contributed by atoms with van der Waals surface area (Å²) in [6.45, 7) is -0.657. The summed E-state index contributed by atoms with van der Waals surface area (Å²) in [6.07, 6.45) is 4.80. The van der Waals surface area contributed by atoms with Crippen LogP contribution < -0.4 is 0 Å². The van der Waals surface area contributed by atoms with Crippen molar-refractivity contribution in [3.05, 3.63) is 59.8 Å². The van der Waals surface area contributed by atoms with Gasteiger partial charge in [-0.1, -0.05) is 18.2 Å². The fourth-order valence-electron chi connectivity index (χ4n) is 1.72. The maximum atomic E-state index is 13.4. The lowest BCUT2D eigenvalue weighted by Crippen LogP contribution is -2.35. The largest absolute Gasteiger partial charge is 0.309 e. The van der Waals surface area contributed by atoms with Crippen molar-refractivity contribution in [2.75, 3.05) is 6.54 Å². The predicted molar refractivity (Wildman–Crippen MR) is 70.3 cm³/mol. The van der Waals surface area contributed by atoms with E-state index in [4.69, 9.17) is 11.6 Å². The zero-order valence-corrected chi connectivity index (χ0v) is 10.8. The Balaban J connectivity index is 2.18. The Morgan fingerprint density at radius 1 is 1.26 bits per heavy atom. The molecule has 0 unspecified atom stereocenters. The molecule has 19 heavy (non-hydrogen) atoms. The van der Waals surface area contributed by atoms with E-state index >= 15 is 0 Å². The fraction of sp³-hybridized carbons (Fsp3) is 0.214. The minimum absolute atomic E-state index is 0.347. The van der Waals surface area contributed by atoms with Gasteiger partial charge in [0.25, 0.3) is 11.8 Å². The van der Waals surface area contributed by atoms with Gasteiger partial charge in [0.15, 0.2) is 0 Å². The van der Waals surface area contributed by atoms with Gasteiger partial charge in [-0.25, -0.2) is 0 Å². The lowest BCUT2D eigenvalue weighted by molar-refractivity contribution is 0.0251. The molecule has 1 aromatic carbocycles. The van der Waals surface area contributed by atoms with Gasteiger partial charge in [0, 0.05) is 17.6 Å². The molecule has 0 saturated carbocycles. The molecule has 0 bridgehead atoms. The summed E-state index contributed by atoms with van der Waals surface area (Å²) in [7, 11) is 0. The summed E-state index contributed by atoms with van der Waals surface area (Å²) >= 11 is 5.65. The Morgan fingerprint density at radius 3 is 2.58 bits per heavy atom. The second kappa shape index (κ2) is 5.53. The lowest BCUT2D eigenvalue weighted by Gasteiger charge is -2.21. The molecule has 0 saturated heterocycles. The van der Waals surface area contributed by atoms with Crippen LogP contribution in [0.2, 0.25) is 0 Å². The molecule has 1 aromatic rings. The van der Waals surface area contributed by atoms with Crippen LogP contribution in [-0.4, -0.2) is 23.3 Å². The standard InChI is InChI=1S/C14H12ClF2NO/c15-9-11-3-5-12(6-4-11)13(19)18-8-2-1-7-14(16,17)10-18/h1-8H,9-10H2. The van der Waals surface area contributed by atoms with Gasteiger partial charge in [-0.3, -0.25) is 4.79 Å². The van der Waals surface area contributed by atoms with E-state index in [1.807, 2.05) is 0 Å². The van der Waals surface area contributed by atoms with E-state index in [9.17, 15) is 13.6 Å². The van der Waals surface area contributed by atoms with Crippen LogP contribution in [0.4, 0.5) is 8.78 Å². The van der Waals surface area contributed by atoms with Crippen molar-refractivity contribution in [2.45, 2.75) is 11.8 Å². The van der Waals surface area contributed by atoms with Gasteiger partial charge in [-0.2, -0.15) is 8.78 Å². The first-order valence-corrected chi connectivity index (χ1v) is 6.25. The summed E-state index contributed by atoms with van der Waals surface area (Å²) in [4.78, 5) is 13.1. The SMILES string of the molecule is O=C(c1ccc(CCl)cc1)N1C=CC=CC(F)(F)C1. The highest BCUT2D eigenvalue weighted by Crippen LogP contribution is 2.21. The second-order valence-electron chi connectivity index (χ2n) is 4.23. The van der Waals surface area contributed by atoms with E-state index in [2.05, 4.69) is 0 Å². The summed E-state index contributed by atoms with van der Waals surface area (Å²) in [6, 6.07) is 6.59. The molecule has 0 aromatic heterocycles. The molecule has 1 aliphatic rings. The third-order valence-electron chi connectivity index (χ3n) is 2.71. The Hall–Kier alpha value is -1.68. The van der Waals surface area contributed by atoms with E-state index in [1.165, 1.54) is 18.4 Å².